The highest BCUT2D eigenvalue weighted by Crippen LogP contribution is 2.26. The molecule has 0 aliphatic carbocycles. The minimum Gasteiger partial charge on any atom is -0.396 e. The van der Waals surface area contributed by atoms with Crippen molar-refractivity contribution >= 4 is 11.4 Å². The summed E-state index contributed by atoms with van der Waals surface area (Å²) in [5.74, 6) is 0. The molecule has 17 heavy (non-hydrogen) atoms. The van der Waals surface area contributed by atoms with E-state index in [1.54, 1.807) is 12.4 Å². The van der Waals surface area contributed by atoms with E-state index in [-0.39, 0.29) is 12.1 Å². The summed E-state index contributed by atoms with van der Waals surface area (Å²) in [5, 5.41) is 10.1. The van der Waals surface area contributed by atoms with Gasteiger partial charge in [-0.05, 0) is 26.6 Å². The van der Waals surface area contributed by atoms with Crippen molar-refractivity contribution in [2.24, 2.45) is 0 Å². The number of aliphatic hydroxyl groups excluding tert-OH is 1. The Morgan fingerprint density at radius 1 is 1.53 bits per heavy atom. The van der Waals surface area contributed by atoms with Gasteiger partial charge in [0.1, 0.15) is 0 Å². The van der Waals surface area contributed by atoms with E-state index >= 15 is 0 Å². The molecule has 2 rings (SSSR count). The Morgan fingerprint density at radius 2 is 2.29 bits per heavy atom. The van der Waals surface area contributed by atoms with Gasteiger partial charge in [-0.1, -0.05) is 0 Å². The lowest BCUT2D eigenvalue weighted by Crippen LogP contribution is -2.52. The standard InChI is InChI=1S/C12H20N4O/c1-15(2)11-4-6-16(8-12(11)17)10-3-5-14-7-9(10)13/h3,5,7,11-12,17H,4,6,8,13H2,1-2H3. The van der Waals surface area contributed by atoms with Crippen LogP contribution >= 0.6 is 0 Å². The number of aliphatic hydroxyl groups is 1. The maximum atomic E-state index is 10.1. The third kappa shape index (κ3) is 2.50. The molecular weight excluding hydrogens is 216 g/mol. The summed E-state index contributed by atoms with van der Waals surface area (Å²) < 4.78 is 0. The van der Waals surface area contributed by atoms with E-state index in [2.05, 4.69) is 14.8 Å². The quantitative estimate of drug-likeness (QED) is 0.766. The largest absolute Gasteiger partial charge is 0.396 e. The molecular formula is C12H20N4O. The number of rotatable bonds is 2. The van der Waals surface area contributed by atoms with Crippen LogP contribution < -0.4 is 10.6 Å². The van der Waals surface area contributed by atoms with Gasteiger partial charge in [-0.15, -0.1) is 0 Å². The Labute approximate surface area is 102 Å². The van der Waals surface area contributed by atoms with E-state index in [1.807, 2.05) is 20.2 Å². The number of β-amino-alcohol motifs (C(OH)–C–C–N with tert-alkyl or cyclic N) is 1. The second-order valence-corrected chi connectivity index (χ2v) is 4.77. The van der Waals surface area contributed by atoms with E-state index in [0.29, 0.717) is 12.2 Å². The van der Waals surface area contributed by atoms with Crippen LogP contribution in [-0.2, 0) is 0 Å². The number of nitrogens with two attached hydrogens (primary N) is 1. The molecule has 1 saturated heterocycles. The molecule has 94 valence electrons. The van der Waals surface area contributed by atoms with Crippen LogP contribution in [0.2, 0.25) is 0 Å². The van der Waals surface area contributed by atoms with E-state index in [4.69, 9.17) is 5.73 Å². The van der Waals surface area contributed by atoms with Crippen LogP contribution in [0.3, 0.4) is 0 Å². The highest BCUT2D eigenvalue weighted by molar-refractivity contribution is 5.66. The van der Waals surface area contributed by atoms with Crippen molar-refractivity contribution in [3.05, 3.63) is 18.5 Å². The van der Waals surface area contributed by atoms with Crippen molar-refractivity contribution in [2.45, 2.75) is 18.6 Å². The molecule has 5 heteroatoms. The maximum absolute atomic E-state index is 10.1. The fraction of sp³-hybridized carbons (Fsp3) is 0.583. The minimum absolute atomic E-state index is 0.231. The second kappa shape index (κ2) is 4.89. The first-order chi connectivity index (χ1) is 8.09. The van der Waals surface area contributed by atoms with Crippen molar-refractivity contribution in [1.82, 2.24) is 9.88 Å². The SMILES string of the molecule is CN(C)C1CCN(c2ccncc2N)CC1O. The van der Waals surface area contributed by atoms with Gasteiger partial charge < -0.3 is 20.6 Å². The summed E-state index contributed by atoms with van der Waals surface area (Å²) in [6, 6.07) is 2.13. The smallest absolute Gasteiger partial charge is 0.0870 e. The molecule has 0 saturated carbocycles. The molecule has 3 N–H and O–H groups in total. The summed E-state index contributed by atoms with van der Waals surface area (Å²) in [6.45, 7) is 1.53. The fourth-order valence-electron chi connectivity index (χ4n) is 2.43. The number of aromatic nitrogens is 1. The third-order valence-corrected chi connectivity index (χ3v) is 3.38. The fourth-order valence-corrected chi connectivity index (χ4v) is 2.43. The van der Waals surface area contributed by atoms with Gasteiger partial charge in [0.15, 0.2) is 0 Å². The lowest BCUT2D eigenvalue weighted by molar-refractivity contribution is 0.0631. The average molecular weight is 236 g/mol. The lowest BCUT2D eigenvalue weighted by Gasteiger charge is -2.40. The van der Waals surface area contributed by atoms with E-state index in [9.17, 15) is 5.11 Å². The molecule has 1 fully saturated rings. The van der Waals surface area contributed by atoms with Gasteiger partial charge in [0, 0.05) is 25.3 Å². The highest BCUT2D eigenvalue weighted by Gasteiger charge is 2.29. The van der Waals surface area contributed by atoms with Crippen LogP contribution in [0.25, 0.3) is 0 Å². The van der Waals surface area contributed by atoms with Gasteiger partial charge in [-0.3, -0.25) is 4.98 Å². The number of pyridine rings is 1. The topological polar surface area (TPSA) is 65.6 Å². The number of hydrogen-bond acceptors (Lipinski definition) is 5. The van der Waals surface area contributed by atoms with Crippen molar-refractivity contribution in [3.8, 4) is 0 Å². The number of nitrogen functional groups attached to an aromatic ring is 1. The molecule has 0 amide bonds. The number of likely N-dealkylation sites (N-methyl/N-ethyl adjacent to an activating group) is 1. The Balaban J connectivity index is 2.10. The van der Waals surface area contributed by atoms with Crippen LogP contribution in [0.5, 0.6) is 0 Å². The Kier molecular flexibility index (Phi) is 3.49. The third-order valence-electron chi connectivity index (χ3n) is 3.38. The summed E-state index contributed by atoms with van der Waals surface area (Å²) in [4.78, 5) is 8.19. The van der Waals surface area contributed by atoms with Gasteiger partial charge in [0.05, 0.1) is 23.7 Å². The molecule has 1 aromatic rings. The second-order valence-electron chi connectivity index (χ2n) is 4.77. The van der Waals surface area contributed by atoms with Crippen LogP contribution in [0, 0.1) is 0 Å². The van der Waals surface area contributed by atoms with Gasteiger partial charge in [0.2, 0.25) is 0 Å². The summed E-state index contributed by atoms with van der Waals surface area (Å²) in [7, 11) is 4.01. The molecule has 5 nitrogen and oxygen atoms in total. The normalized spacial score (nSPS) is 25.3. The van der Waals surface area contributed by atoms with Crippen molar-refractivity contribution in [2.75, 3.05) is 37.8 Å². The monoisotopic (exact) mass is 236 g/mol. The number of hydrogen-bond donors (Lipinski definition) is 2. The Morgan fingerprint density at radius 3 is 2.88 bits per heavy atom. The highest BCUT2D eigenvalue weighted by atomic mass is 16.3. The molecule has 0 aromatic carbocycles. The molecule has 1 aromatic heterocycles. The first-order valence-corrected chi connectivity index (χ1v) is 5.88. The molecule has 0 radical (unpaired) electrons. The predicted molar refractivity (Wildman–Crippen MR) is 69.0 cm³/mol. The van der Waals surface area contributed by atoms with E-state index in [1.165, 1.54) is 0 Å². The first-order valence-electron chi connectivity index (χ1n) is 5.88. The number of piperidine rings is 1. The van der Waals surface area contributed by atoms with Gasteiger partial charge in [-0.25, -0.2) is 0 Å². The average Bonchev–Trinajstić information content (AvgIpc) is 2.29. The van der Waals surface area contributed by atoms with Crippen LogP contribution in [0.15, 0.2) is 18.5 Å². The summed E-state index contributed by atoms with van der Waals surface area (Å²) in [6.07, 6.45) is 3.98. The van der Waals surface area contributed by atoms with Crippen molar-refractivity contribution in [3.63, 3.8) is 0 Å². The van der Waals surface area contributed by atoms with Crippen molar-refractivity contribution < 1.29 is 5.11 Å². The van der Waals surface area contributed by atoms with Gasteiger partial charge >= 0.3 is 0 Å². The van der Waals surface area contributed by atoms with Crippen LogP contribution in [-0.4, -0.2) is 54.3 Å². The zero-order valence-electron chi connectivity index (χ0n) is 10.4. The number of nitrogens with zero attached hydrogens (tertiary/aromatic N) is 3. The van der Waals surface area contributed by atoms with Crippen LogP contribution in [0.4, 0.5) is 11.4 Å². The first kappa shape index (κ1) is 12.1. The molecule has 2 atom stereocenters. The molecule has 2 unspecified atom stereocenters. The zero-order valence-corrected chi connectivity index (χ0v) is 10.4. The van der Waals surface area contributed by atoms with Crippen molar-refractivity contribution in [1.29, 1.82) is 0 Å². The molecule has 0 spiro atoms. The molecule has 1 aliphatic heterocycles. The lowest BCUT2D eigenvalue weighted by atomic mass is 10.0. The number of anilines is 2. The van der Waals surface area contributed by atoms with Gasteiger partial charge in [0.25, 0.3) is 0 Å². The van der Waals surface area contributed by atoms with E-state index in [0.717, 1.165) is 18.7 Å². The molecule has 2 heterocycles. The maximum Gasteiger partial charge on any atom is 0.0870 e. The Bertz CT molecular complexity index is 383. The minimum atomic E-state index is -0.341. The summed E-state index contributed by atoms with van der Waals surface area (Å²) >= 11 is 0. The Hall–Kier alpha value is -1.33. The molecule has 0 bridgehead atoms. The zero-order chi connectivity index (χ0) is 12.4. The van der Waals surface area contributed by atoms with Gasteiger partial charge in [-0.2, -0.15) is 0 Å². The predicted octanol–water partition coefficient (Wildman–Crippen LogP) is 0.165. The van der Waals surface area contributed by atoms with E-state index < -0.39 is 0 Å². The molecule has 1 aliphatic rings. The van der Waals surface area contributed by atoms with Crippen LogP contribution in [0.1, 0.15) is 6.42 Å². The summed E-state index contributed by atoms with van der Waals surface area (Å²) in [5.41, 5.74) is 7.53.